The molecule has 1 fully saturated rings. The molecule has 1 aliphatic rings. The molecule has 8 nitrogen and oxygen atoms in total. The van der Waals surface area contributed by atoms with Crippen molar-refractivity contribution < 1.29 is 34.0 Å². The number of rotatable bonds is 10. The van der Waals surface area contributed by atoms with E-state index >= 15 is 0 Å². The van der Waals surface area contributed by atoms with Crippen molar-refractivity contribution in [1.29, 1.82) is 0 Å². The predicted molar refractivity (Wildman–Crippen MR) is 122 cm³/mol. The molecule has 1 aliphatic heterocycles. The van der Waals surface area contributed by atoms with E-state index in [0.717, 1.165) is 0 Å². The fourth-order valence-corrected chi connectivity index (χ4v) is 3.72. The van der Waals surface area contributed by atoms with E-state index in [0.29, 0.717) is 36.5 Å². The maximum atomic E-state index is 13.0. The number of carbonyl (C=O) groups excluding carboxylic acids is 2. The lowest BCUT2D eigenvalue weighted by molar-refractivity contribution is -0.140. The van der Waals surface area contributed by atoms with Crippen molar-refractivity contribution in [2.24, 2.45) is 0 Å². The summed E-state index contributed by atoms with van der Waals surface area (Å²) in [6.07, 6.45) is 2.12. The molecule has 2 N–H and O–H groups in total. The van der Waals surface area contributed by atoms with Gasteiger partial charge in [0.25, 0.3) is 11.7 Å². The summed E-state index contributed by atoms with van der Waals surface area (Å²) in [5.41, 5.74) is 0.852. The van der Waals surface area contributed by atoms with Crippen molar-refractivity contribution in [3.05, 3.63) is 71.8 Å². The fourth-order valence-electron chi connectivity index (χ4n) is 3.72. The summed E-state index contributed by atoms with van der Waals surface area (Å²) in [5, 5.41) is 21.1. The van der Waals surface area contributed by atoms with Crippen LogP contribution >= 0.6 is 0 Å². The molecule has 2 aromatic carbocycles. The molecule has 0 spiro atoms. The number of phenols is 1. The van der Waals surface area contributed by atoms with Gasteiger partial charge in [0.15, 0.2) is 11.5 Å². The van der Waals surface area contributed by atoms with Crippen molar-refractivity contribution in [2.75, 3.05) is 34.0 Å². The monoisotopic (exact) mass is 453 g/mol. The third-order valence-corrected chi connectivity index (χ3v) is 5.30. The molecule has 0 bridgehead atoms. The highest BCUT2D eigenvalue weighted by Gasteiger charge is 2.46. The number of methoxy groups -OCH3 is 2. The van der Waals surface area contributed by atoms with Gasteiger partial charge in [0.1, 0.15) is 18.1 Å². The Morgan fingerprint density at radius 2 is 1.88 bits per heavy atom. The third-order valence-electron chi connectivity index (χ3n) is 5.30. The van der Waals surface area contributed by atoms with Crippen LogP contribution in [0.4, 0.5) is 0 Å². The van der Waals surface area contributed by atoms with Crippen molar-refractivity contribution in [3.8, 4) is 17.2 Å². The number of carbonyl (C=O) groups is 2. The Morgan fingerprint density at radius 3 is 2.52 bits per heavy atom. The third kappa shape index (κ3) is 5.01. The number of ketones is 1. The van der Waals surface area contributed by atoms with Crippen LogP contribution in [-0.2, 0) is 14.3 Å². The van der Waals surface area contributed by atoms with Gasteiger partial charge in [0, 0.05) is 25.8 Å². The molecule has 174 valence electrons. The van der Waals surface area contributed by atoms with Gasteiger partial charge in [-0.3, -0.25) is 9.59 Å². The minimum Gasteiger partial charge on any atom is -0.507 e. The van der Waals surface area contributed by atoms with Crippen LogP contribution in [-0.4, -0.2) is 60.8 Å². The highest BCUT2D eigenvalue weighted by Crippen LogP contribution is 2.41. The average molecular weight is 453 g/mol. The normalized spacial score (nSPS) is 17.3. The molecule has 1 atom stereocenters. The number of aliphatic hydroxyl groups is 1. The van der Waals surface area contributed by atoms with Gasteiger partial charge < -0.3 is 29.3 Å². The van der Waals surface area contributed by atoms with Gasteiger partial charge in [0.05, 0.1) is 18.7 Å². The second-order valence-corrected chi connectivity index (χ2v) is 7.39. The van der Waals surface area contributed by atoms with Gasteiger partial charge in [-0.2, -0.15) is 0 Å². The summed E-state index contributed by atoms with van der Waals surface area (Å²) in [6, 6.07) is 10.3. The second-order valence-electron chi connectivity index (χ2n) is 7.39. The molecule has 0 aliphatic carbocycles. The van der Waals surface area contributed by atoms with Crippen LogP contribution in [0.3, 0.4) is 0 Å². The molecule has 1 saturated heterocycles. The molecule has 0 aromatic heterocycles. The topological polar surface area (TPSA) is 106 Å². The van der Waals surface area contributed by atoms with E-state index in [-0.39, 0.29) is 29.4 Å². The standard InChI is InChI=1S/C25H27NO7/c1-4-13-33-18-9-6-16(7-10-18)23(28)21-22(17-8-11-19(27)20(15-17)32-3)26(12-5-14-31-2)25(30)24(21)29/h4,6-11,15,22,27-28H,1,5,12-14H2,2-3H3/b23-21+/t22-/m1/s1. The molecular weight excluding hydrogens is 426 g/mol. The molecule has 3 rings (SSSR count). The molecule has 0 unspecified atom stereocenters. The van der Waals surface area contributed by atoms with E-state index in [1.54, 1.807) is 49.6 Å². The quantitative estimate of drug-likeness (QED) is 0.187. The summed E-state index contributed by atoms with van der Waals surface area (Å²) < 4.78 is 15.7. The fraction of sp³-hybridized carbons (Fsp3) is 0.280. The number of aliphatic hydroxyl groups excluding tert-OH is 1. The summed E-state index contributed by atoms with van der Waals surface area (Å²) in [6.45, 7) is 4.58. The zero-order valence-corrected chi connectivity index (χ0v) is 18.6. The van der Waals surface area contributed by atoms with Crippen LogP contribution in [0, 0.1) is 0 Å². The molecular formula is C25H27NO7. The Kier molecular flexibility index (Phi) is 7.74. The first-order chi connectivity index (χ1) is 15.9. The average Bonchev–Trinajstić information content (AvgIpc) is 3.08. The van der Waals surface area contributed by atoms with Crippen LogP contribution in [0.15, 0.2) is 60.7 Å². The van der Waals surface area contributed by atoms with Gasteiger partial charge in [-0.15, -0.1) is 0 Å². The molecule has 0 radical (unpaired) electrons. The van der Waals surface area contributed by atoms with Gasteiger partial charge in [-0.05, 0) is 48.4 Å². The largest absolute Gasteiger partial charge is 0.507 e. The predicted octanol–water partition coefficient (Wildman–Crippen LogP) is 3.42. The summed E-state index contributed by atoms with van der Waals surface area (Å²) in [7, 11) is 2.96. The van der Waals surface area contributed by atoms with E-state index in [1.807, 2.05) is 0 Å². The van der Waals surface area contributed by atoms with Crippen molar-refractivity contribution in [3.63, 3.8) is 0 Å². The van der Waals surface area contributed by atoms with E-state index in [9.17, 15) is 19.8 Å². The number of phenolic OH excluding ortho intramolecular Hbond substituents is 1. The first-order valence-corrected chi connectivity index (χ1v) is 10.4. The first-order valence-electron chi connectivity index (χ1n) is 10.4. The minimum absolute atomic E-state index is 0.0371. The van der Waals surface area contributed by atoms with Gasteiger partial charge in [-0.25, -0.2) is 0 Å². The van der Waals surface area contributed by atoms with Crippen LogP contribution in [0.25, 0.3) is 5.76 Å². The number of likely N-dealkylation sites (tertiary alicyclic amines) is 1. The number of hydrogen-bond donors (Lipinski definition) is 2. The maximum absolute atomic E-state index is 13.0. The molecule has 0 saturated carbocycles. The van der Waals surface area contributed by atoms with Crippen LogP contribution in [0.5, 0.6) is 17.2 Å². The van der Waals surface area contributed by atoms with Crippen molar-refractivity contribution >= 4 is 17.4 Å². The lowest BCUT2D eigenvalue weighted by atomic mass is 9.95. The number of hydrogen-bond acceptors (Lipinski definition) is 7. The molecule has 1 amide bonds. The summed E-state index contributed by atoms with van der Waals surface area (Å²) in [5.74, 6) is -1.10. The number of ether oxygens (including phenoxy) is 3. The number of benzene rings is 2. The lowest BCUT2D eigenvalue weighted by Crippen LogP contribution is -2.31. The molecule has 2 aromatic rings. The van der Waals surface area contributed by atoms with E-state index < -0.39 is 17.7 Å². The maximum Gasteiger partial charge on any atom is 0.295 e. The smallest absolute Gasteiger partial charge is 0.295 e. The number of aromatic hydroxyl groups is 1. The lowest BCUT2D eigenvalue weighted by Gasteiger charge is -2.25. The van der Waals surface area contributed by atoms with E-state index in [2.05, 4.69) is 6.58 Å². The molecule has 8 heteroatoms. The Labute approximate surface area is 192 Å². The number of nitrogens with zero attached hydrogens (tertiary/aromatic N) is 1. The van der Waals surface area contributed by atoms with Gasteiger partial charge in [-0.1, -0.05) is 18.7 Å². The van der Waals surface area contributed by atoms with Crippen molar-refractivity contribution in [1.82, 2.24) is 4.90 Å². The van der Waals surface area contributed by atoms with Gasteiger partial charge >= 0.3 is 0 Å². The minimum atomic E-state index is -0.854. The Hall–Kier alpha value is -3.78. The first kappa shape index (κ1) is 23.9. The molecule has 33 heavy (non-hydrogen) atoms. The SMILES string of the molecule is C=CCOc1ccc(/C(O)=C2\C(=O)C(=O)N(CCCOC)[C@@H]2c2ccc(O)c(OC)c2)cc1. The van der Waals surface area contributed by atoms with Crippen LogP contribution in [0.1, 0.15) is 23.6 Å². The second kappa shape index (κ2) is 10.7. The van der Waals surface area contributed by atoms with Crippen molar-refractivity contribution in [2.45, 2.75) is 12.5 Å². The van der Waals surface area contributed by atoms with Gasteiger partial charge in [0.2, 0.25) is 0 Å². The Morgan fingerprint density at radius 1 is 1.15 bits per heavy atom. The van der Waals surface area contributed by atoms with E-state index in [1.165, 1.54) is 18.1 Å². The highest BCUT2D eigenvalue weighted by atomic mass is 16.5. The Bertz CT molecular complexity index is 1060. The summed E-state index contributed by atoms with van der Waals surface area (Å²) >= 11 is 0. The number of Topliss-reactive ketones (excluding diaryl/α,β-unsaturated/α-hetero) is 1. The summed E-state index contributed by atoms with van der Waals surface area (Å²) in [4.78, 5) is 27.3. The highest BCUT2D eigenvalue weighted by molar-refractivity contribution is 6.46. The van der Waals surface area contributed by atoms with E-state index in [4.69, 9.17) is 14.2 Å². The zero-order valence-electron chi connectivity index (χ0n) is 18.6. The van der Waals surface area contributed by atoms with Crippen LogP contribution < -0.4 is 9.47 Å². The van der Waals surface area contributed by atoms with Crippen LogP contribution in [0.2, 0.25) is 0 Å². The zero-order chi connectivity index (χ0) is 24.0. The molecule has 1 heterocycles. The number of amides is 1. The Balaban J connectivity index is 2.08.